The maximum atomic E-state index is 13.3. The van der Waals surface area contributed by atoms with Crippen LogP contribution in [0.4, 0.5) is 5.69 Å². The zero-order chi connectivity index (χ0) is 24.0. The molecular formula is C26H29N5O3. The van der Waals surface area contributed by atoms with Crippen LogP contribution in [0.1, 0.15) is 18.3 Å². The van der Waals surface area contributed by atoms with Gasteiger partial charge in [0, 0.05) is 36.7 Å². The Kier molecular flexibility index (Phi) is 5.51. The van der Waals surface area contributed by atoms with Crippen molar-refractivity contribution in [3.05, 3.63) is 70.3 Å². The first-order valence-corrected chi connectivity index (χ1v) is 11.5. The number of anilines is 1. The van der Waals surface area contributed by atoms with Gasteiger partial charge in [0.1, 0.15) is 23.6 Å². The summed E-state index contributed by atoms with van der Waals surface area (Å²) in [4.78, 5) is 30.6. The molecule has 0 radical (unpaired) electrons. The number of carbonyl (C=O) groups is 1. The molecule has 1 fully saturated rings. The maximum absolute atomic E-state index is 13.3. The number of aryl methyl sites for hydroxylation is 2. The molecule has 1 amide bonds. The van der Waals surface area contributed by atoms with Crippen molar-refractivity contribution in [2.24, 2.45) is 0 Å². The van der Waals surface area contributed by atoms with E-state index in [1.165, 1.54) is 15.9 Å². The molecule has 0 saturated carbocycles. The molecule has 5 rings (SSSR count). The Balaban J connectivity index is 1.39. The molecule has 2 aromatic carbocycles. The van der Waals surface area contributed by atoms with Crippen LogP contribution in [0, 0.1) is 13.8 Å². The van der Waals surface area contributed by atoms with Crippen LogP contribution >= 0.6 is 0 Å². The van der Waals surface area contributed by atoms with Crippen molar-refractivity contribution in [1.29, 1.82) is 0 Å². The van der Waals surface area contributed by atoms with E-state index in [0.29, 0.717) is 30.2 Å². The minimum absolute atomic E-state index is 0.0774. The van der Waals surface area contributed by atoms with Crippen LogP contribution < -0.4 is 15.2 Å². The van der Waals surface area contributed by atoms with Gasteiger partial charge in [-0.2, -0.15) is 5.10 Å². The molecule has 0 spiro atoms. The third kappa shape index (κ3) is 3.69. The van der Waals surface area contributed by atoms with Crippen molar-refractivity contribution >= 4 is 28.0 Å². The van der Waals surface area contributed by atoms with Crippen LogP contribution in [0.5, 0.6) is 5.75 Å². The molecule has 1 unspecified atom stereocenters. The van der Waals surface area contributed by atoms with Crippen LogP contribution in [0.2, 0.25) is 0 Å². The molecule has 2 aromatic heterocycles. The van der Waals surface area contributed by atoms with E-state index in [1.54, 1.807) is 7.11 Å². The van der Waals surface area contributed by atoms with Gasteiger partial charge in [0.15, 0.2) is 0 Å². The Morgan fingerprint density at radius 3 is 2.62 bits per heavy atom. The lowest BCUT2D eigenvalue weighted by molar-refractivity contribution is -0.132. The Morgan fingerprint density at radius 1 is 1.09 bits per heavy atom. The summed E-state index contributed by atoms with van der Waals surface area (Å²) in [7, 11) is 1.61. The summed E-state index contributed by atoms with van der Waals surface area (Å²) in [6.45, 7) is 7.94. The normalized spacial score (nSPS) is 16.4. The number of nitrogens with zero attached hydrogens (tertiary/aromatic N) is 5. The molecule has 8 nitrogen and oxygen atoms in total. The van der Waals surface area contributed by atoms with Crippen LogP contribution in [-0.2, 0) is 11.3 Å². The molecule has 1 aliphatic rings. The number of hydrogen-bond donors (Lipinski definition) is 0. The third-order valence-corrected chi connectivity index (χ3v) is 6.67. The van der Waals surface area contributed by atoms with E-state index in [0.717, 1.165) is 17.4 Å². The Labute approximate surface area is 198 Å². The highest BCUT2D eigenvalue weighted by Gasteiger charge is 2.27. The zero-order valence-corrected chi connectivity index (χ0v) is 20.0. The summed E-state index contributed by atoms with van der Waals surface area (Å²) in [5.74, 6) is 1.24. The number of methoxy groups -OCH3 is 1. The number of hydrogen-bond acceptors (Lipinski definition) is 5. The van der Waals surface area contributed by atoms with Crippen LogP contribution in [-0.4, -0.2) is 57.8 Å². The molecule has 34 heavy (non-hydrogen) atoms. The van der Waals surface area contributed by atoms with Crippen LogP contribution in [0.15, 0.2) is 53.3 Å². The SMILES string of the molecule is COc1cccc2c1cc1c(=O)n(CC(=O)N3CCN(c4cccc(C)c4)C(C)C3)nc(C)n12. The minimum atomic E-state index is -0.288. The lowest BCUT2D eigenvalue weighted by Crippen LogP contribution is -2.54. The summed E-state index contributed by atoms with van der Waals surface area (Å²) in [5.41, 5.74) is 3.45. The molecule has 4 aromatic rings. The van der Waals surface area contributed by atoms with Crippen LogP contribution in [0.3, 0.4) is 0 Å². The molecule has 8 heteroatoms. The van der Waals surface area contributed by atoms with Gasteiger partial charge in [0.25, 0.3) is 5.56 Å². The van der Waals surface area contributed by atoms with Crippen molar-refractivity contribution in [2.45, 2.75) is 33.4 Å². The summed E-state index contributed by atoms with van der Waals surface area (Å²) < 4.78 is 8.57. The minimum Gasteiger partial charge on any atom is -0.496 e. The second-order valence-electron chi connectivity index (χ2n) is 8.99. The highest BCUT2D eigenvalue weighted by Crippen LogP contribution is 2.28. The second-order valence-corrected chi connectivity index (χ2v) is 8.99. The summed E-state index contributed by atoms with van der Waals surface area (Å²) >= 11 is 0. The maximum Gasteiger partial charge on any atom is 0.291 e. The largest absolute Gasteiger partial charge is 0.496 e. The quantitative estimate of drug-likeness (QED) is 0.469. The van der Waals surface area contributed by atoms with E-state index >= 15 is 0 Å². The Bertz CT molecular complexity index is 1450. The number of ether oxygens (including phenoxy) is 1. The first-order valence-electron chi connectivity index (χ1n) is 11.5. The zero-order valence-electron chi connectivity index (χ0n) is 20.0. The van der Waals surface area contributed by atoms with E-state index in [1.807, 2.05) is 40.5 Å². The van der Waals surface area contributed by atoms with Crippen molar-refractivity contribution < 1.29 is 9.53 Å². The van der Waals surface area contributed by atoms with Gasteiger partial charge in [-0.15, -0.1) is 0 Å². The fraction of sp³-hybridized carbons (Fsp3) is 0.346. The number of rotatable bonds is 4. The number of fused-ring (bicyclic) bond motifs is 3. The monoisotopic (exact) mass is 459 g/mol. The Hall–Kier alpha value is -3.81. The molecule has 0 N–H and O–H groups in total. The van der Waals surface area contributed by atoms with Crippen LogP contribution in [0.25, 0.3) is 16.4 Å². The van der Waals surface area contributed by atoms with E-state index in [-0.39, 0.29) is 24.1 Å². The average molecular weight is 460 g/mol. The number of benzene rings is 2. The summed E-state index contributed by atoms with van der Waals surface area (Å²) in [6, 6.07) is 16.1. The third-order valence-electron chi connectivity index (χ3n) is 6.67. The molecule has 176 valence electrons. The lowest BCUT2D eigenvalue weighted by atomic mass is 10.1. The van der Waals surface area contributed by atoms with E-state index in [4.69, 9.17) is 4.74 Å². The van der Waals surface area contributed by atoms with Gasteiger partial charge in [-0.1, -0.05) is 18.2 Å². The number of piperazine rings is 1. The summed E-state index contributed by atoms with van der Waals surface area (Å²) in [6.07, 6.45) is 0. The topological polar surface area (TPSA) is 72.1 Å². The Morgan fingerprint density at radius 2 is 1.88 bits per heavy atom. The first kappa shape index (κ1) is 22.0. The van der Waals surface area contributed by atoms with Gasteiger partial charge in [-0.25, -0.2) is 4.68 Å². The number of carbonyl (C=O) groups excluding carboxylic acids is 1. The van der Waals surface area contributed by atoms with Gasteiger partial charge in [-0.05, 0) is 56.7 Å². The molecule has 0 aliphatic carbocycles. The average Bonchev–Trinajstić information content (AvgIpc) is 3.23. The number of aromatic nitrogens is 3. The predicted octanol–water partition coefficient (Wildman–Crippen LogP) is 3.01. The van der Waals surface area contributed by atoms with Crippen molar-refractivity contribution in [3.8, 4) is 5.75 Å². The highest BCUT2D eigenvalue weighted by molar-refractivity contribution is 5.92. The van der Waals surface area contributed by atoms with Gasteiger partial charge in [-0.3, -0.25) is 14.0 Å². The number of amides is 1. The van der Waals surface area contributed by atoms with Gasteiger partial charge < -0.3 is 14.5 Å². The fourth-order valence-electron chi connectivity index (χ4n) is 4.99. The molecule has 0 bridgehead atoms. The highest BCUT2D eigenvalue weighted by atomic mass is 16.5. The first-order chi connectivity index (χ1) is 16.4. The molecule has 1 saturated heterocycles. The lowest BCUT2D eigenvalue weighted by Gasteiger charge is -2.41. The molecular weight excluding hydrogens is 430 g/mol. The smallest absolute Gasteiger partial charge is 0.291 e. The van der Waals surface area contributed by atoms with Crippen molar-refractivity contribution in [2.75, 3.05) is 31.6 Å². The van der Waals surface area contributed by atoms with E-state index in [2.05, 4.69) is 48.1 Å². The van der Waals surface area contributed by atoms with Gasteiger partial charge in [0.2, 0.25) is 5.91 Å². The predicted molar refractivity (Wildman–Crippen MR) is 133 cm³/mol. The van der Waals surface area contributed by atoms with Gasteiger partial charge >= 0.3 is 0 Å². The summed E-state index contributed by atoms with van der Waals surface area (Å²) in [5, 5.41) is 5.32. The van der Waals surface area contributed by atoms with Crippen molar-refractivity contribution in [3.63, 3.8) is 0 Å². The standard InChI is InChI=1S/C26H29N5O3/c1-17-7-5-8-20(13-17)29-12-11-28(15-18(29)2)25(32)16-30-26(33)23-14-21-22(31(23)19(3)27-30)9-6-10-24(21)34-4/h5-10,13-14,18H,11-12,15-16H2,1-4H3. The molecule has 1 atom stereocenters. The molecule has 1 aliphatic heterocycles. The van der Waals surface area contributed by atoms with E-state index < -0.39 is 0 Å². The van der Waals surface area contributed by atoms with E-state index in [9.17, 15) is 9.59 Å². The van der Waals surface area contributed by atoms with Crippen molar-refractivity contribution in [1.82, 2.24) is 19.1 Å². The second kappa shape index (κ2) is 8.52. The molecule has 3 heterocycles. The van der Waals surface area contributed by atoms with Gasteiger partial charge in [0.05, 0.1) is 12.6 Å². The fourth-order valence-corrected chi connectivity index (χ4v) is 4.99.